The molecule has 0 spiro atoms. The Labute approximate surface area is 160 Å². The minimum absolute atomic E-state index is 0.0458. The first-order chi connectivity index (χ1) is 13.0. The molecular weight excluding hydrogens is 340 g/mol. The Kier molecular flexibility index (Phi) is 5.84. The molecule has 0 radical (unpaired) electrons. The fraction of sp³-hybridized carbons (Fsp3) is 0.348. The maximum Gasteiger partial charge on any atom is 0.334 e. The molecule has 4 nitrogen and oxygen atoms in total. The van der Waals surface area contributed by atoms with Gasteiger partial charge in [0.25, 0.3) is 0 Å². The normalized spacial score (nSPS) is 18.9. The molecule has 0 amide bonds. The van der Waals surface area contributed by atoms with Crippen LogP contribution in [-0.2, 0) is 9.53 Å². The van der Waals surface area contributed by atoms with Crippen LogP contribution in [0, 0.1) is 0 Å². The van der Waals surface area contributed by atoms with E-state index >= 15 is 0 Å². The van der Waals surface area contributed by atoms with Crippen LogP contribution in [0.2, 0.25) is 0 Å². The van der Waals surface area contributed by atoms with Crippen LogP contribution in [0.5, 0.6) is 11.5 Å². The van der Waals surface area contributed by atoms with Gasteiger partial charge in [-0.3, -0.25) is 0 Å². The molecule has 3 rings (SSSR count). The summed E-state index contributed by atoms with van der Waals surface area (Å²) in [4.78, 5) is 12.7. The molecule has 142 valence electrons. The minimum atomic E-state index is -0.234. The SMILES string of the molecule is COc1ccc([C@H]2C(C(=O)OC(C)C)=CC[C@H]2c2ccc(OC)cc2)cc1. The smallest absolute Gasteiger partial charge is 0.334 e. The van der Waals surface area contributed by atoms with Gasteiger partial charge in [-0.15, -0.1) is 0 Å². The number of benzene rings is 2. The molecule has 0 saturated carbocycles. The molecule has 0 saturated heterocycles. The molecular formula is C23H26O4. The van der Waals surface area contributed by atoms with Crippen molar-refractivity contribution in [2.24, 2.45) is 0 Å². The molecule has 1 aliphatic carbocycles. The van der Waals surface area contributed by atoms with E-state index in [4.69, 9.17) is 14.2 Å². The van der Waals surface area contributed by atoms with E-state index in [-0.39, 0.29) is 23.9 Å². The van der Waals surface area contributed by atoms with Crippen LogP contribution in [-0.4, -0.2) is 26.3 Å². The van der Waals surface area contributed by atoms with Gasteiger partial charge in [-0.2, -0.15) is 0 Å². The number of allylic oxidation sites excluding steroid dienone is 1. The van der Waals surface area contributed by atoms with Crippen LogP contribution in [0.1, 0.15) is 43.2 Å². The third kappa shape index (κ3) is 4.16. The van der Waals surface area contributed by atoms with E-state index in [2.05, 4.69) is 12.1 Å². The van der Waals surface area contributed by atoms with Crippen LogP contribution < -0.4 is 9.47 Å². The van der Waals surface area contributed by atoms with Gasteiger partial charge in [-0.1, -0.05) is 30.3 Å². The van der Waals surface area contributed by atoms with Gasteiger partial charge in [0.05, 0.1) is 20.3 Å². The molecule has 1 aliphatic rings. The molecule has 0 N–H and O–H groups in total. The average molecular weight is 366 g/mol. The van der Waals surface area contributed by atoms with E-state index in [0.717, 1.165) is 29.1 Å². The maximum absolute atomic E-state index is 12.7. The van der Waals surface area contributed by atoms with Crippen molar-refractivity contribution in [1.82, 2.24) is 0 Å². The van der Waals surface area contributed by atoms with Crippen molar-refractivity contribution < 1.29 is 19.0 Å². The van der Waals surface area contributed by atoms with Gasteiger partial charge in [0, 0.05) is 11.5 Å². The number of ether oxygens (including phenoxy) is 3. The number of esters is 1. The lowest BCUT2D eigenvalue weighted by molar-refractivity contribution is -0.142. The molecule has 0 unspecified atom stereocenters. The zero-order valence-corrected chi connectivity index (χ0v) is 16.3. The van der Waals surface area contributed by atoms with Gasteiger partial charge >= 0.3 is 5.97 Å². The number of carbonyl (C=O) groups is 1. The van der Waals surface area contributed by atoms with Crippen molar-refractivity contribution in [2.75, 3.05) is 14.2 Å². The fourth-order valence-corrected chi connectivity index (χ4v) is 3.63. The summed E-state index contributed by atoms with van der Waals surface area (Å²) in [6.45, 7) is 3.74. The zero-order chi connectivity index (χ0) is 19.4. The second-order valence-corrected chi connectivity index (χ2v) is 6.98. The van der Waals surface area contributed by atoms with E-state index in [1.807, 2.05) is 56.3 Å². The highest BCUT2D eigenvalue weighted by atomic mass is 16.5. The van der Waals surface area contributed by atoms with Crippen LogP contribution in [0.15, 0.2) is 60.2 Å². The summed E-state index contributed by atoms with van der Waals surface area (Å²) >= 11 is 0. The molecule has 2 aromatic carbocycles. The third-order valence-corrected chi connectivity index (χ3v) is 4.93. The predicted molar refractivity (Wildman–Crippen MR) is 105 cm³/mol. The monoisotopic (exact) mass is 366 g/mol. The summed E-state index contributed by atoms with van der Waals surface area (Å²) in [7, 11) is 3.31. The lowest BCUT2D eigenvalue weighted by atomic mass is 9.80. The number of hydrogen-bond acceptors (Lipinski definition) is 4. The van der Waals surface area contributed by atoms with Crippen LogP contribution in [0.4, 0.5) is 0 Å². The molecule has 4 heteroatoms. The van der Waals surface area contributed by atoms with Crippen LogP contribution in [0.3, 0.4) is 0 Å². The second-order valence-electron chi connectivity index (χ2n) is 6.98. The maximum atomic E-state index is 12.7. The minimum Gasteiger partial charge on any atom is -0.497 e. The fourth-order valence-electron chi connectivity index (χ4n) is 3.63. The number of methoxy groups -OCH3 is 2. The van der Waals surface area contributed by atoms with Gasteiger partial charge in [-0.25, -0.2) is 4.79 Å². The lowest BCUT2D eigenvalue weighted by Crippen LogP contribution is -2.19. The molecule has 2 atom stereocenters. The molecule has 0 fully saturated rings. The first-order valence-electron chi connectivity index (χ1n) is 9.22. The van der Waals surface area contributed by atoms with E-state index in [1.54, 1.807) is 14.2 Å². The number of hydrogen-bond donors (Lipinski definition) is 0. The van der Waals surface area contributed by atoms with Crippen molar-refractivity contribution in [3.8, 4) is 11.5 Å². The van der Waals surface area contributed by atoms with Crippen molar-refractivity contribution >= 4 is 5.97 Å². The Morgan fingerprint density at radius 2 is 1.41 bits per heavy atom. The molecule has 0 heterocycles. The van der Waals surface area contributed by atoms with Gasteiger partial charge in [0.15, 0.2) is 0 Å². The summed E-state index contributed by atoms with van der Waals surface area (Å²) in [5, 5.41) is 0. The first-order valence-corrected chi connectivity index (χ1v) is 9.22. The summed E-state index contributed by atoms with van der Waals surface area (Å²) in [6.07, 6.45) is 2.68. The van der Waals surface area contributed by atoms with E-state index < -0.39 is 0 Å². The summed E-state index contributed by atoms with van der Waals surface area (Å²) in [5.41, 5.74) is 3.00. The van der Waals surface area contributed by atoms with Gasteiger partial charge in [0.1, 0.15) is 11.5 Å². The topological polar surface area (TPSA) is 44.8 Å². The Morgan fingerprint density at radius 3 is 1.89 bits per heavy atom. The summed E-state index contributed by atoms with van der Waals surface area (Å²) in [5.74, 6) is 1.52. The third-order valence-electron chi connectivity index (χ3n) is 4.93. The Morgan fingerprint density at radius 1 is 0.889 bits per heavy atom. The quantitative estimate of drug-likeness (QED) is 0.686. The molecule has 0 aromatic heterocycles. The van der Waals surface area contributed by atoms with E-state index in [1.165, 1.54) is 5.56 Å². The van der Waals surface area contributed by atoms with Crippen molar-refractivity contribution in [2.45, 2.75) is 38.2 Å². The van der Waals surface area contributed by atoms with Crippen molar-refractivity contribution in [3.63, 3.8) is 0 Å². The summed E-state index contributed by atoms with van der Waals surface area (Å²) in [6, 6.07) is 16.0. The van der Waals surface area contributed by atoms with Crippen molar-refractivity contribution in [1.29, 1.82) is 0 Å². The largest absolute Gasteiger partial charge is 0.497 e. The standard InChI is InChI=1S/C23H26O4/c1-15(2)27-23(24)21-14-13-20(16-5-9-18(25-3)10-6-16)22(21)17-7-11-19(26-4)12-8-17/h5-12,14-15,20,22H,13H2,1-4H3/t20-,22+/m0/s1. The highest BCUT2D eigenvalue weighted by Crippen LogP contribution is 2.47. The molecule has 27 heavy (non-hydrogen) atoms. The van der Waals surface area contributed by atoms with Crippen LogP contribution >= 0.6 is 0 Å². The number of rotatable bonds is 6. The highest BCUT2D eigenvalue weighted by molar-refractivity contribution is 5.91. The first kappa shape index (κ1) is 19.0. The van der Waals surface area contributed by atoms with Gasteiger partial charge in [0.2, 0.25) is 0 Å². The van der Waals surface area contributed by atoms with E-state index in [9.17, 15) is 4.79 Å². The zero-order valence-electron chi connectivity index (χ0n) is 16.3. The Bertz CT molecular complexity index is 803. The lowest BCUT2D eigenvalue weighted by Gasteiger charge is -2.24. The predicted octanol–water partition coefficient (Wildman–Crippen LogP) is 4.85. The van der Waals surface area contributed by atoms with Crippen LogP contribution in [0.25, 0.3) is 0 Å². The van der Waals surface area contributed by atoms with E-state index in [0.29, 0.717) is 0 Å². The summed E-state index contributed by atoms with van der Waals surface area (Å²) < 4.78 is 16.0. The van der Waals surface area contributed by atoms with Crippen molar-refractivity contribution in [3.05, 3.63) is 71.3 Å². The molecule has 2 aromatic rings. The Balaban J connectivity index is 1.96. The molecule has 0 aliphatic heterocycles. The highest BCUT2D eigenvalue weighted by Gasteiger charge is 2.36. The second kappa shape index (κ2) is 8.30. The Hall–Kier alpha value is -2.75. The molecule has 0 bridgehead atoms. The van der Waals surface area contributed by atoms with Gasteiger partial charge < -0.3 is 14.2 Å². The number of carbonyl (C=O) groups excluding carboxylic acids is 1. The average Bonchev–Trinajstić information content (AvgIpc) is 3.13. The van der Waals surface area contributed by atoms with Gasteiger partial charge in [-0.05, 0) is 61.6 Å².